The van der Waals surface area contributed by atoms with Crippen molar-refractivity contribution in [3.05, 3.63) is 69.8 Å². The van der Waals surface area contributed by atoms with Crippen molar-refractivity contribution in [3.63, 3.8) is 0 Å². The third-order valence-corrected chi connectivity index (χ3v) is 10.6. The van der Waals surface area contributed by atoms with Crippen molar-refractivity contribution >= 4 is 23.5 Å². The molecule has 1 fully saturated rings. The van der Waals surface area contributed by atoms with E-state index >= 15 is 0 Å². The van der Waals surface area contributed by atoms with Crippen LogP contribution < -0.4 is 9.80 Å². The van der Waals surface area contributed by atoms with Crippen molar-refractivity contribution in [1.29, 1.82) is 0 Å². The second-order valence-corrected chi connectivity index (χ2v) is 15.8. The molecule has 1 unspecified atom stereocenters. The van der Waals surface area contributed by atoms with Gasteiger partial charge in [0.1, 0.15) is 0 Å². The number of aryl methyl sites for hydroxylation is 4. The Morgan fingerprint density at radius 2 is 0.672 bits per heavy atom. The number of nitrogens with zero attached hydrogens (tertiary/aromatic N) is 2. The standard InChI is InChI=1S/C39H36F24N2.C2H6/c1-18-13-24(9-11-30(44,45)34(52,53)38(60,61)36(56,57)32(48,49)28(7,40)41)14-19(2)26(18)64-17-22(5)65(23(64)6)27-20(3)15-25(16-21(27)4)10-12-31(46,47)35(54,55)39(62,63)37(58,59)33(50,51)29(8,42)43;1-2/h9-16,22-23H,17H2,1-8H3;1-2H3/b11-9+,12-10+;/t22-,23?;/m0./s1. The van der Waals surface area contributed by atoms with Crippen molar-refractivity contribution in [2.24, 2.45) is 0 Å². The van der Waals surface area contributed by atoms with Gasteiger partial charge in [0.05, 0.1) is 6.17 Å². The molecule has 384 valence electrons. The monoisotopic (exact) mass is 1020 g/mol. The van der Waals surface area contributed by atoms with Crippen LogP contribution >= 0.6 is 0 Å². The zero-order chi connectivity index (χ0) is 53.3. The van der Waals surface area contributed by atoms with Gasteiger partial charge in [-0.25, -0.2) is 0 Å². The lowest BCUT2D eigenvalue weighted by molar-refractivity contribution is -0.418. The molecule has 0 amide bonds. The number of alkyl halides is 24. The van der Waals surface area contributed by atoms with Crippen LogP contribution in [0.2, 0.25) is 0 Å². The Balaban J connectivity index is 0.00000760. The summed E-state index contributed by atoms with van der Waals surface area (Å²) in [4.78, 5) is 3.36. The molecule has 0 aliphatic carbocycles. The van der Waals surface area contributed by atoms with E-state index in [-0.39, 0.29) is 41.0 Å². The number of rotatable bonds is 16. The quantitative estimate of drug-likeness (QED) is 0.155. The molecule has 0 saturated carbocycles. The van der Waals surface area contributed by atoms with Crippen LogP contribution in [0.1, 0.15) is 74.9 Å². The van der Waals surface area contributed by atoms with Crippen LogP contribution in [0.15, 0.2) is 36.4 Å². The van der Waals surface area contributed by atoms with E-state index in [9.17, 15) is 105 Å². The Hall–Kier alpha value is -4.16. The van der Waals surface area contributed by atoms with E-state index in [1.807, 2.05) is 13.8 Å². The fourth-order valence-electron chi connectivity index (χ4n) is 7.13. The van der Waals surface area contributed by atoms with Crippen molar-refractivity contribution in [1.82, 2.24) is 0 Å². The molecule has 0 bridgehead atoms. The summed E-state index contributed by atoms with van der Waals surface area (Å²) in [6.45, 7) is 10.6. The second kappa shape index (κ2) is 18.0. The number of hydrogen-bond acceptors (Lipinski definition) is 2. The minimum Gasteiger partial charge on any atom is -0.349 e. The molecule has 2 atom stereocenters. The van der Waals surface area contributed by atoms with Crippen LogP contribution in [0.4, 0.5) is 117 Å². The Morgan fingerprint density at radius 1 is 0.418 bits per heavy atom. The second-order valence-electron chi connectivity index (χ2n) is 15.8. The Labute approximate surface area is 367 Å². The lowest BCUT2D eigenvalue weighted by Gasteiger charge is -2.40. The van der Waals surface area contributed by atoms with Gasteiger partial charge >= 0.3 is 71.1 Å². The van der Waals surface area contributed by atoms with Crippen molar-refractivity contribution in [2.75, 3.05) is 16.3 Å². The lowest BCUT2D eigenvalue weighted by Crippen LogP contribution is -2.70. The molecule has 2 nitrogen and oxygen atoms in total. The molecule has 0 radical (unpaired) electrons. The van der Waals surface area contributed by atoms with Gasteiger partial charge in [0, 0.05) is 37.8 Å². The van der Waals surface area contributed by atoms with Gasteiger partial charge in [-0.05, 0) is 111 Å². The fourth-order valence-corrected chi connectivity index (χ4v) is 7.13. The molecule has 1 heterocycles. The highest BCUT2D eigenvalue weighted by Crippen LogP contribution is 2.62. The smallest absolute Gasteiger partial charge is 0.349 e. The van der Waals surface area contributed by atoms with Crippen LogP contribution in [0, 0.1) is 27.7 Å². The molecule has 0 N–H and O–H groups in total. The predicted molar refractivity (Wildman–Crippen MR) is 201 cm³/mol. The molecule has 67 heavy (non-hydrogen) atoms. The van der Waals surface area contributed by atoms with Crippen molar-refractivity contribution < 1.29 is 105 Å². The lowest BCUT2D eigenvalue weighted by atomic mass is 9.91. The van der Waals surface area contributed by atoms with Crippen molar-refractivity contribution in [3.8, 4) is 0 Å². The molecule has 26 heteroatoms. The minimum atomic E-state index is -7.76. The van der Waals surface area contributed by atoms with Gasteiger partial charge in [0.25, 0.3) is 0 Å². The highest BCUT2D eigenvalue weighted by atomic mass is 19.4. The summed E-state index contributed by atoms with van der Waals surface area (Å²) in [6, 6.07) is 3.55. The average molecular weight is 1020 g/mol. The Bertz CT molecular complexity index is 2100. The molecular formula is C41H42F24N2. The first-order valence-electron chi connectivity index (χ1n) is 19.3. The SMILES string of the molecule is CC.Cc1cc(/C=C/C(F)(F)C(F)(F)C(F)(F)C(F)(F)C(F)(F)C(C)(F)F)cc(C)c1N1C[C@H](C)N(c2c(C)cc(/C=C/C(F)(F)C(F)(F)C(F)(F)C(F)(F)C(F)(F)C(C)(F)F)cc2C)C1C. The number of hydrogen-bond donors (Lipinski definition) is 0. The maximum atomic E-state index is 14.6. The highest BCUT2D eigenvalue weighted by Gasteiger charge is 2.90. The Kier molecular flexibility index (Phi) is 15.8. The van der Waals surface area contributed by atoms with E-state index in [0.29, 0.717) is 11.4 Å². The van der Waals surface area contributed by atoms with E-state index < -0.39 is 120 Å². The van der Waals surface area contributed by atoms with Gasteiger partial charge in [-0.15, -0.1) is 0 Å². The van der Waals surface area contributed by atoms with E-state index in [0.717, 1.165) is 24.3 Å². The van der Waals surface area contributed by atoms with Crippen LogP contribution in [0.25, 0.3) is 12.2 Å². The van der Waals surface area contributed by atoms with Crippen LogP contribution in [-0.4, -0.2) is 89.8 Å². The first kappa shape index (κ1) is 59.0. The maximum absolute atomic E-state index is 14.6. The third-order valence-electron chi connectivity index (χ3n) is 10.6. The zero-order valence-corrected chi connectivity index (χ0v) is 36.4. The number of benzene rings is 2. The molecule has 2 aromatic carbocycles. The fraction of sp³-hybridized carbons (Fsp3) is 0.610. The summed E-state index contributed by atoms with van der Waals surface area (Å²) in [6.07, 6.45) is -2.68. The van der Waals surface area contributed by atoms with Gasteiger partial charge in [0.2, 0.25) is 0 Å². The number of anilines is 2. The molecule has 0 aromatic heterocycles. The molecule has 1 saturated heterocycles. The van der Waals surface area contributed by atoms with Gasteiger partial charge < -0.3 is 9.80 Å². The predicted octanol–water partition coefficient (Wildman–Crippen LogP) is 15.7. The molecule has 3 rings (SSSR count). The van der Waals surface area contributed by atoms with Gasteiger partial charge in [-0.3, -0.25) is 0 Å². The molecule has 1 aliphatic heterocycles. The normalized spacial score (nSPS) is 18.4. The van der Waals surface area contributed by atoms with Gasteiger partial charge in [0.15, 0.2) is 0 Å². The maximum Gasteiger partial charge on any atom is 0.385 e. The largest absolute Gasteiger partial charge is 0.385 e. The van der Waals surface area contributed by atoms with Gasteiger partial charge in [-0.2, -0.15) is 105 Å². The third kappa shape index (κ3) is 9.36. The summed E-state index contributed by atoms with van der Waals surface area (Å²) in [5.41, 5.74) is 0.329. The van der Waals surface area contributed by atoms with E-state index in [1.165, 1.54) is 27.7 Å². The van der Waals surface area contributed by atoms with E-state index in [2.05, 4.69) is 0 Å². The summed E-state index contributed by atoms with van der Waals surface area (Å²) in [5.74, 6) is -85.0. The molecular weight excluding hydrogens is 976 g/mol. The van der Waals surface area contributed by atoms with Crippen molar-refractivity contribution in [2.45, 2.75) is 153 Å². The zero-order valence-electron chi connectivity index (χ0n) is 36.4. The average Bonchev–Trinajstić information content (AvgIpc) is 3.43. The number of allylic oxidation sites excluding steroid dienone is 2. The minimum absolute atomic E-state index is 0.0491. The van der Waals surface area contributed by atoms with Crippen LogP contribution in [0.5, 0.6) is 0 Å². The molecule has 2 aromatic rings. The topological polar surface area (TPSA) is 6.48 Å². The Morgan fingerprint density at radius 3 is 0.940 bits per heavy atom. The molecule has 1 aliphatic rings. The summed E-state index contributed by atoms with van der Waals surface area (Å²) in [7, 11) is 0. The summed E-state index contributed by atoms with van der Waals surface area (Å²) in [5, 5.41) is 0. The van der Waals surface area contributed by atoms with Crippen LogP contribution in [-0.2, 0) is 0 Å². The first-order chi connectivity index (χ1) is 29.6. The van der Waals surface area contributed by atoms with E-state index in [1.54, 1.807) is 23.6 Å². The highest BCUT2D eigenvalue weighted by molar-refractivity contribution is 5.71. The van der Waals surface area contributed by atoms with E-state index in [4.69, 9.17) is 0 Å². The summed E-state index contributed by atoms with van der Waals surface area (Å²) < 4.78 is 334. The van der Waals surface area contributed by atoms with Gasteiger partial charge in [-0.1, -0.05) is 26.0 Å². The summed E-state index contributed by atoms with van der Waals surface area (Å²) >= 11 is 0. The first-order valence-corrected chi connectivity index (χ1v) is 19.3. The number of halogens is 24. The molecule has 0 spiro atoms. The van der Waals surface area contributed by atoms with Crippen LogP contribution in [0.3, 0.4) is 0 Å².